The van der Waals surface area contributed by atoms with Crippen LogP contribution in [0.4, 0.5) is 0 Å². The van der Waals surface area contributed by atoms with Gasteiger partial charge in [-0.3, -0.25) is 33.8 Å². The standard InChI is InChI=1S/C38H60N10O7/c1-5-24(4)32(36(54)45-28(22-49)23(2)3)46-34(52)27(20-25-12-7-6-8-13-25)44-35(53)29-15-10-19-48(29)37(55)30-16-11-18-47(30)31(50)21-43-33(51)26(39)14-9-17-42-38(40)41/h6-8,12-13,22-24,26-30,32H,5,9-11,14-21,39H2,1-4H3,(H,43,51)(H,44,53)(H,45,54)(H,46,52)(H4,40,41,42)/t24?,26?,27-,28+,29-,30-,32-/m0/s1. The summed E-state index contributed by atoms with van der Waals surface area (Å²) in [4.78, 5) is 99.5. The second-order valence-electron chi connectivity index (χ2n) is 14.7. The smallest absolute Gasteiger partial charge is 0.246 e. The summed E-state index contributed by atoms with van der Waals surface area (Å²) in [5.41, 5.74) is 17.4. The van der Waals surface area contributed by atoms with E-state index in [2.05, 4.69) is 26.3 Å². The van der Waals surface area contributed by atoms with E-state index in [1.54, 1.807) is 13.8 Å². The fourth-order valence-corrected chi connectivity index (χ4v) is 6.76. The van der Waals surface area contributed by atoms with Gasteiger partial charge in [-0.05, 0) is 55.9 Å². The summed E-state index contributed by atoms with van der Waals surface area (Å²) in [6, 6.07) is 3.74. The molecule has 304 valence electrons. The Bertz CT molecular complexity index is 1520. The highest BCUT2D eigenvalue weighted by atomic mass is 16.2. The Morgan fingerprint density at radius 1 is 0.891 bits per heavy atom. The van der Waals surface area contributed by atoms with E-state index in [0.717, 1.165) is 5.56 Å². The predicted molar refractivity (Wildman–Crippen MR) is 207 cm³/mol. The molecule has 0 bridgehead atoms. The maximum absolute atomic E-state index is 14.0. The minimum absolute atomic E-state index is 0.0553. The largest absolute Gasteiger partial charge is 0.370 e. The van der Waals surface area contributed by atoms with E-state index in [1.807, 2.05) is 44.2 Å². The summed E-state index contributed by atoms with van der Waals surface area (Å²) in [6.45, 7) is 7.90. The fourth-order valence-electron chi connectivity index (χ4n) is 6.76. The number of carbonyl (C=O) groups is 7. The van der Waals surface area contributed by atoms with Crippen LogP contribution in [0, 0.1) is 11.8 Å². The molecule has 0 aliphatic carbocycles. The van der Waals surface area contributed by atoms with Crippen molar-refractivity contribution in [2.45, 2.75) is 115 Å². The molecule has 2 aliphatic heterocycles. The van der Waals surface area contributed by atoms with Gasteiger partial charge in [0.2, 0.25) is 35.4 Å². The van der Waals surface area contributed by atoms with Crippen LogP contribution in [0.15, 0.2) is 35.3 Å². The molecule has 17 nitrogen and oxygen atoms in total. The molecule has 55 heavy (non-hydrogen) atoms. The SMILES string of the molecule is CCC(C)[C@H](NC(=O)[C@H](Cc1ccccc1)NC(=O)[C@@H]1CCCN1C(=O)[C@@H]1CCCN1C(=O)CNC(=O)C(N)CCCN=C(N)N)C(=O)N[C@H](C=O)C(C)C. The molecule has 6 amide bonds. The van der Waals surface area contributed by atoms with E-state index in [-0.39, 0.29) is 36.7 Å². The first-order valence-electron chi connectivity index (χ1n) is 19.3. The lowest BCUT2D eigenvalue weighted by atomic mass is 9.96. The van der Waals surface area contributed by atoms with E-state index in [4.69, 9.17) is 17.2 Å². The number of amides is 6. The van der Waals surface area contributed by atoms with E-state index in [1.165, 1.54) is 9.80 Å². The van der Waals surface area contributed by atoms with E-state index in [0.29, 0.717) is 70.9 Å². The summed E-state index contributed by atoms with van der Waals surface area (Å²) in [7, 11) is 0. The zero-order chi connectivity index (χ0) is 40.7. The number of hydrogen-bond acceptors (Lipinski definition) is 9. The van der Waals surface area contributed by atoms with Crippen molar-refractivity contribution in [3.63, 3.8) is 0 Å². The van der Waals surface area contributed by atoms with E-state index < -0.39 is 65.8 Å². The molecule has 1 aromatic carbocycles. The lowest BCUT2D eigenvalue weighted by Crippen LogP contribution is -2.60. The monoisotopic (exact) mass is 768 g/mol. The van der Waals surface area contributed by atoms with Crippen molar-refractivity contribution in [3.8, 4) is 0 Å². The Kier molecular flexibility index (Phi) is 17.5. The molecular formula is C38H60N10O7. The van der Waals surface area contributed by atoms with Crippen LogP contribution in [0.5, 0.6) is 0 Å². The maximum Gasteiger partial charge on any atom is 0.246 e. The normalized spacial score (nSPS) is 19.4. The maximum atomic E-state index is 14.0. The molecule has 7 atom stereocenters. The molecule has 0 saturated carbocycles. The highest BCUT2D eigenvalue weighted by Gasteiger charge is 2.43. The minimum atomic E-state index is -1.09. The van der Waals surface area contributed by atoms with E-state index >= 15 is 0 Å². The van der Waals surface area contributed by atoms with Crippen molar-refractivity contribution >= 4 is 47.7 Å². The molecular weight excluding hydrogens is 708 g/mol. The number of rotatable bonds is 20. The van der Waals surface area contributed by atoms with Crippen LogP contribution in [-0.4, -0.2) is 120 Å². The van der Waals surface area contributed by atoms with Crippen LogP contribution in [0.25, 0.3) is 0 Å². The van der Waals surface area contributed by atoms with Gasteiger partial charge < -0.3 is 53.1 Å². The number of guanidine groups is 1. The number of aldehydes is 1. The third-order valence-electron chi connectivity index (χ3n) is 10.3. The van der Waals surface area contributed by atoms with Crippen LogP contribution in [0.3, 0.4) is 0 Å². The second kappa shape index (κ2) is 21.7. The quantitative estimate of drug-likeness (QED) is 0.0371. The van der Waals surface area contributed by atoms with Crippen LogP contribution >= 0.6 is 0 Å². The topological polar surface area (TPSA) is 265 Å². The zero-order valence-corrected chi connectivity index (χ0v) is 32.5. The van der Waals surface area contributed by atoms with E-state index in [9.17, 15) is 33.6 Å². The summed E-state index contributed by atoms with van der Waals surface area (Å²) in [5, 5.41) is 11.0. The van der Waals surface area contributed by atoms with Gasteiger partial charge in [-0.25, -0.2) is 0 Å². The van der Waals surface area contributed by atoms with Crippen LogP contribution in [0.1, 0.15) is 78.2 Å². The Morgan fingerprint density at radius 3 is 2.16 bits per heavy atom. The number of likely N-dealkylation sites (tertiary alicyclic amines) is 2. The lowest BCUT2D eigenvalue weighted by Gasteiger charge is -2.32. The van der Waals surface area contributed by atoms with Gasteiger partial charge in [-0.2, -0.15) is 0 Å². The minimum Gasteiger partial charge on any atom is -0.370 e. The summed E-state index contributed by atoms with van der Waals surface area (Å²) in [5.74, 6) is -3.43. The third kappa shape index (κ3) is 13.0. The van der Waals surface area contributed by atoms with Gasteiger partial charge in [-0.15, -0.1) is 0 Å². The average Bonchev–Trinajstić information content (AvgIpc) is 3.87. The van der Waals surface area contributed by atoms with Gasteiger partial charge in [0, 0.05) is 26.1 Å². The Labute approximate surface area is 323 Å². The Balaban J connectivity index is 1.71. The van der Waals surface area contributed by atoms with Gasteiger partial charge >= 0.3 is 0 Å². The molecule has 0 spiro atoms. The molecule has 2 fully saturated rings. The number of nitrogens with zero attached hydrogens (tertiary/aromatic N) is 3. The highest BCUT2D eigenvalue weighted by molar-refractivity contribution is 5.97. The van der Waals surface area contributed by atoms with Crippen LogP contribution < -0.4 is 38.5 Å². The molecule has 2 saturated heterocycles. The first-order valence-corrected chi connectivity index (χ1v) is 19.3. The number of nitrogens with two attached hydrogens (primary N) is 3. The predicted octanol–water partition coefficient (Wildman–Crippen LogP) is -0.936. The molecule has 1 aromatic rings. The van der Waals surface area contributed by atoms with Crippen molar-refractivity contribution in [3.05, 3.63) is 35.9 Å². The number of nitrogens with one attached hydrogen (secondary N) is 4. The van der Waals surface area contributed by atoms with Gasteiger partial charge in [0.05, 0.1) is 18.6 Å². The third-order valence-corrected chi connectivity index (χ3v) is 10.3. The van der Waals surface area contributed by atoms with Gasteiger partial charge in [0.25, 0.3) is 0 Å². The second-order valence-corrected chi connectivity index (χ2v) is 14.7. The van der Waals surface area contributed by atoms with Gasteiger partial charge in [0.1, 0.15) is 30.5 Å². The number of carbonyl (C=O) groups excluding carboxylic acids is 7. The number of aliphatic imine (C=N–C) groups is 1. The van der Waals surface area contributed by atoms with Crippen molar-refractivity contribution in [1.29, 1.82) is 0 Å². The van der Waals surface area contributed by atoms with Crippen molar-refractivity contribution < 1.29 is 33.6 Å². The summed E-state index contributed by atoms with van der Waals surface area (Å²) < 4.78 is 0. The first-order chi connectivity index (χ1) is 26.2. The fraction of sp³-hybridized carbons (Fsp3) is 0.632. The molecule has 2 unspecified atom stereocenters. The van der Waals surface area contributed by atoms with Crippen LogP contribution in [0.2, 0.25) is 0 Å². The number of benzene rings is 1. The van der Waals surface area contributed by atoms with Crippen molar-refractivity contribution in [2.24, 2.45) is 34.0 Å². The van der Waals surface area contributed by atoms with Gasteiger partial charge in [-0.1, -0.05) is 64.4 Å². The molecule has 10 N–H and O–H groups in total. The summed E-state index contributed by atoms with van der Waals surface area (Å²) in [6.07, 6.45) is 3.99. The molecule has 17 heteroatoms. The number of hydrogen-bond donors (Lipinski definition) is 7. The Hall–Kier alpha value is -5.06. The van der Waals surface area contributed by atoms with Crippen molar-refractivity contribution in [1.82, 2.24) is 31.1 Å². The molecule has 2 aliphatic rings. The van der Waals surface area contributed by atoms with Gasteiger partial charge in [0.15, 0.2) is 5.96 Å². The van der Waals surface area contributed by atoms with Crippen molar-refractivity contribution in [2.75, 3.05) is 26.2 Å². The average molecular weight is 769 g/mol. The Morgan fingerprint density at radius 2 is 1.55 bits per heavy atom. The molecule has 3 rings (SSSR count). The molecule has 0 radical (unpaired) electrons. The summed E-state index contributed by atoms with van der Waals surface area (Å²) >= 11 is 0. The highest BCUT2D eigenvalue weighted by Crippen LogP contribution is 2.25. The lowest BCUT2D eigenvalue weighted by molar-refractivity contribution is -0.147. The van der Waals surface area contributed by atoms with Crippen LogP contribution in [-0.2, 0) is 40.0 Å². The first kappa shape index (κ1) is 44.3. The zero-order valence-electron chi connectivity index (χ0n) is 32.5. The molecule has 0 aromatic heterocycles. The molecule has 2 heterocycles.